The molecule has 5 nitrogen and oxygen atoms in total. The highest BCUT2D eigenvalue weighted by molar-refractivity contribution is 7.80. The molecule has 1 aromatic heterocycles. The first-order valence-corrected chi connectivity index (χ1v) is 9.23. The summed E-state index contributed by atoms with van der Waals surface area (Å²) in [5, 5.41) is 12.7. The summed E-state index contributed by atoms with van der Waals surface area (Å²) in [4.78, 5) is 0. The van der Waals surface area contributed by atoms with Gasteiger partial charge in [-0.05, 0) is 62.3 Å². The molecular formula is C20H20ClN5S. The summed E-state index contributed by atoms with van der Waals surface area (Å²) < 4.78 is 1.69. The quantitative estimate of drug-likeness (QED) is 0.378. The van der Waals surface area contributed by atoms with E-state index in [1.54, 1.807) is 10.9 Å². The standard InChI is InChI=1S/C20H20ClN5S/c1-13-8-7-11-18(14(13)2)23-20(27)24-22-12-17-15(3)25-26(19(17)21)16-9-5-4-6-10-16/h4-12H,1-3H3,(H2,23,24,27)/b22-12-. The van der Waals surface area contributed by atoms with Crippen LogP contribution in [0, 0.1) is 20.8 Å². The molecule has 0 atom stereocenters. The van der Waals surface area contributed by atoms with Crippen LogP contribution >= 0.6 is 23.8 Å². The highest BCUT2D eigenvalue weighted by Crippen LogP contribution is 2.22. The molecule has 0 aliphatic heterocycles. The van der Waals surface area contributed by atoms with E-state index in [2.05, 4.69) is 33.9 Å². The van der Waals surface area contributed by atoms with Gasteiger partial charge in [-0.25, -0.2) is 4.68 Å². The van der Waals surface area contributed by atoms with E-state index in [0.717, 1.165) is 28.2 Å². The first-order chi connectivity index (χ1) is 13.0. The number of rotatable bonds is 4. The van der Waals surface area contributed by atoms with E-state index in [4.69, 9.17) is 23.8 Å². The number of hydrazone groups is 1. The van der Waals surface area contributed by atoms with Crippen LogP contribution in [0.3, 0.4) is 0 Å². The number of aryl methyl sites for hydroxylation is 2. The fraction of sp³-hybridized carbons (Fsp3) is 0.150. The lowest BCUT2D eigenvalue weighted by Gasteiger charge is -2.11. The van der Waals surface area contributed by atoms with Crippen LogP contribution in [0.2, 0.25) is 5.15 Å². The molecule has 0 aliphatic carbocycles. The van der Waals surface area contributed by atoms with Gasteiger partial charge in [-0.15, -0.1) is 0 Å². The Morgan fingerprint density at radius 2 is 1.85 bits per heavy atom. The monoisotopic (exact) mass is 397 g/mol. The molecule has 7 heteroatoms. The van der Waals surface area contributed by atoms with Crippen LogP contribution in [-0.4, -0.2) is 21.1 Å². The number of nitrogens with one attached hydrogen (secondary N) is 2. The van der Waals surface area contributed by atoms with E-state index in [1.165, 1.54) is 5.56 Å². The molecule has 0 aliphatic rings. The Hall–Kier alpha value is -2.70. The second-order valence-corrected chi connectivity index (χ2v) is 6.88. The predicted molar refractivity (Wildman–Crippen MR) is 116 cm³/mol. The highest BCUT2D eigenvalue weighted by Gasteiger charge is 2.13. The zero-order chi connectivity index (χ0) is 19.4. The molecule has 0 amide bonds. The molecule has 0 saturated carbocycles. The average Bonchev–Trinajstić information content (AvgIpc) is 2.94. The van der Waals surface area contributed by atoms with E-state index >= 15 is 0 Å². The van der Waals surface area contributed by atoms with Gasteiger partial charge in [-0.3, -0.25) is 5.43 Å². The number of benzene rings is 2. The van der Waals surface area contributed by atoms with Crippen molar-refractivity contribution in [3.8, 4) is 5.69 Å². The van der Waals surface area contributed by atoms with Crippen molar-refractivity contribution in [3.63, 3.8) is 0 Å². The SMILES string of the molecule is Cc1cccc(NC(=S)N/N=C\c2c(C)nn(-c3ccccc3)c2Cl)c1C. The van der Waals surface area contributed by atoms with E-state index in [1.807, 2.05) is 56.3 Å². The molecule has 3 rings (SSSR count). The van der Waals surface area contributed by atoms with Gasteiger partial charge in [-0.1, -0.05) is 41.9 Å². The van der Waals surface area contributed by atoms with Gasteiger partial charge in [0.15, 0.2) is 5.11 Å². The minimum absolute atomic E-state index is 0.407. The van der Waals surface area contributed by atoms with Crippen molar-refractivity contribution in [3.05, 3.63) is 76.1 Å². The van der Waals surface area contributed by atoms with E-state index in [-0.39, 0.29) is 0 Å². The normalized spacial score (nSPS) is 11.0. The maximum atomic E-state index is 6.48. The summed E-state index contributed by atoms with van der Waals surface area (Å²) in [7, 11) is 0. The van der Waals surface area contributed by atoms with Gasteiger partial charge in [0.25, 0.3) is 0 Å². The topological polar surface area (TPSA) is 54.2 Å². The molecule has 27 heavy (non-hydrogen) atoms. The minimum atomic E-state index is 0.407. The number of nitrogens with zero attached hydrogens (tertiary/aromatic N) is 3. The van der Waals surface area contributed by atoms with Crippen LogP contribution in [0.1, 0.15) is 22.4 Å². The van der Waals surface area contributed by atoms with Crippen molar-refractivity contribution in [2.24, 2.45) is 5.10 Å². The largest absolute Gasteiger partial charge is 0.331 e. The zero-order valence-electron chi connectivity index (χ0n) is 15.3. The Bertz CT molecular complexity index is 995. The van der Waals surface area contributed by atoms with Crippen molar-refractivity contribution < 1.29 is 0 Å². The number of hydrogen-bond donors (Lipinski definition) is 2. The molecular weight excluding hydrogens is 378 g/mol. The molecule has 0 spiro atoms. The summed E-state index contributed by atoms with van der Waals surface area (Å²) in [5.41, 5.74) is 8.53. The Morgan fingerprint density at radius 3 is 2.59 bits per heavy atom. The third-order valence-corrected chi connectivity index (χ3v) is 4.82. The number of anilines is 1. The molecule has 0 fully saturated rings. The number of para-hydroxylation sites is 1. The summed E-state index contributed by atoms with van der Waals surface area (Å²) >= 11 is 11.8. The van der Waals surface area contributed by atoms with Crippen LogP contribution in [0.5, 0.6) is 0 Å². The lowest BCUT2D eigenvalue weighted by atomic mass is 10.1. The van der Waals surface area contributed by atoms with E-state index in [9.17, 15) is 0 Å². The first-order valence-electron chi connectivity index (χ1n) is 8.44. The molecule has 2 N–H and O–H groups in total. The number of halogens is 1. The Labute approximate surface area is 169 Å². The number of aromatic nitrogens is 2. The molecule has 0 bridgehead atoms. The van der Waals surface area contributed by atoms with Crippen LogP contribution in [0.25, 0.3) is 5.69 Å². The fourth-order valence-corrected chi connectivity index (χ4v) is 3.07. The van der Waals surface area contributed by atoms with Crippen LogP contribution in [0.4, 0.5) is 5.69 Å². The van der Waals surface area contributed by atoms with Gasteiger partial charge in [0.2, 0.25) is 0 Å². The molecule has 0 radical (unpaired) electrons. The Morgan fingerprint density at radius 1 is 1.11 bits per heavy atom. The van der Waals surface area contributed by atoms with Gasteiger partial charge in [0.05, 0.1) is 23.2 Å². The number of thiocarbonyl (C=S) groups is 1. The van der Waals surface area contributed by atoms with Gasteiger partial charge in [0, 0.05) is 5.69 Å². The predicted octanol–water partition coefficient (Wildman–Crippen LogP) is 4.77. The molecule has 138 valence electrons. The van der Waals surface area contributed by atoms with Gasteiger partial charge < -0.3 is 5.32 Å². The lowest BCUT2D eigenvalue weighted by molar-refractivity contribution is 0.863. The third kappa shape index (κ3) is 4.35. The fourth-order valence-electron chi connectivity index (χ4n) is 2.59. The molecule has 2 aromatic carbocycles. The second-order valence-electron chi connectivity index (χ2n) is 6.11. The van der Waals surface area contributed by atoms with Gasteiger partial charge in [-0.2, -0.15) is 10.2 Å². The van der Waals surface area contributed by atoms with Crippen LogP contribution in [0.15, 0.2) is 53.6 Å². The maximum absolute atomic E-state index is 6.48. The third-order valence-electron chi connectivity index (χ3n) is 4.26. The smallest absolute Gasteiger partial charge is 0.191 e. The highest BCUT2D eigenvalue weighted by atomic mass is 35.5. The molecule has 0 unspecified atom stereocenters. The van der Waals surface area contributed by atoms with Crippen molar-refractivity contribution >= 4 is 40.8 Å². The van der Waals surface area contributed by atoms with Crippen molar-refractivity contribution in [2.45, 2.75) is 20.8 Å². The second kappa shape index (κ2) is 8.33. The van der Waals surface area contributed by atoms with E-state index in [0.29, 0.717) is 10.3 Å². The summed E-state index contributed by atoms with van der Waals surface area (Å²) in [6.45, 7) is 5.99. The van der Waals surface area contributed by atoms with Crippen molar-refractivity contribution in [1.82, 2.24) is 15.2 Å². The Kier molecular flexibility index (Phi) is 5.88. The maximum Gasteiger partial charge on any atom is 0.191 e. The summed E-state index contributed by atoms with van der Waals surface area (Å²) in [6, 6.07) is 15.7. The van der Waals surface area contributed by atoms with Crippen molar-refractivity contribution in [1.29, 1.82) is 0 Å². The number of hydrogen-bond acceptors (Lipinski definition) is 3. The van der Waals surface area contributed by atoms with Crippen LogP contribution in [-0.2, 0) is 0 Å². The molecule has 1 heterocycles. The minimum Gasteiger partial charge on any atom is -0.331 e. The summed E-state index contributed by atoms with van der Waals surface area (Å²) in [5.74, 6) is 0. The first kappa shape index (κ1) is 19.1. The van der Waals surface area contributed by atoms with E-state index < -0.39 is 0 Å². The Balaban J connectivity index is 1.71. The average molecular weight is 398 g/mol. The molecule has 0 saturated heterocycles. The van der Waals surface area contributed by atoms with Crippen molar-refractivity contribution in [2.75, 3.05) is 5.32 Å². The summed E-state index contributed by atoms with van der Waals surface area (Å²) in [6.07, 6.45) is 1.63. The molecule has 3 aromatic rings. The van der Waals surface area contributed by atoms with Crippen LogP contribution < -0.4 is 10.7 Å². The van der Waals surface area contributed by atoms with Gasteiger partial charge in [0.1, 0.15) is 5.15 Å². The zero-order valence-corrected chi connectivity index (χ0v) is 16.9. The lowest BCUT2D eigenvalue weighted by Crippen LogP contribution is -2.24. The van der Waals surface area contributed by atoms with Gasteiger partial charge >= 0.3 is 0 Å².